The van der Waals surface area contributed by atoms with Crippen molar-refractivity contribution in [3.8, 4) is 0 Å². The van der Waals surface area contributed by atoms with Crippen LogP contribution in [0.15, 0.2) is 24.3 Å². The molecule has 0 aliphatic carbocycles. The van der Waals surface area contributed by atoms with E-state index in [2.05, 4.69) is 39.9 Å². The number of nitrogens with zero attached hydrogens (tertiary/aromatic N) is 1. The van der Waals surface area contributed by atoms with Gasteiger partial charge in [-0.1, -0.05) is 31.2 Å². The second-order valence-electron chi connectivity index (χ2n) is 6.95. The van der Waals surface area contributed by atoms with Gasteiger partial charge in [-0.05, 0) is 24.5 Å². The van der Waals surface area contributed by atoms with E-state index in [4.69, 9.17) is 4.74 Å². The number of carbonyl (C=O) groups is 2. The minimum absolute atomic E-state index is 0.0396. The van der Waals surface area contributed by atoms with Crippen LogP contribution in [0.3, 0.4) is 0 Å². The Balaban J connectivity index is 1.69. The number of morpholine rings is 1. The van der Waals surface area contributed by atoms with Crippen LogP contribution in [0.4, 0.5) is 4.79 Å². The molecule has 1 heterocycles. The van der Waals surface area contributed by atoms with Crippen LogP contribution >= 0.6 is 0 Å². The fourth-order valence-corrected chi connectivity index (χ4v) is 3.02. The number of hydrogen-bond donors (Lipinski definition) is 3. The highest BCUT2D eigenvalue weighted by atomic mass is 16.5. The molecule has 2 rings (SSSR count). The van der Waals surface area contributed by atoms with Gasteiger partial charge in [-0.2, -0.15) is 0 Å². The maximum absolute atomic E-state index is 11.9. The SMILES string of the molecule is CCCNC(=O)CCNC(=O)NCc1cccc(CN2CCOC(C)C2)c1. The monoisotopic (exact) mass is 376 g/mol. The van der Waals surface area contributed by atoms with Crippen molar-refractivity contribution in [2.45, 2.75) is 45.9 Å². The molecule has 7 nitrogen and oxygen atoms in total. The molecule has 0 spiro atoms. The molecule has 3 N–H and O–H groups in total. The van der Waals surface area contributed by atoms with Gasteiger partial charge in [0, 0.05) is 45.7 Å². The van der Waals surface area contributed by atoms with Crippen LogP contribution in [0.5, 0.6) is 0 Å². The fraction of sp³-hybridized carbons (Fsp3) is 0.600. The lowest BCUT2D eigenvalue weighted by molar-refractivity contribution is -0.120. The summed E-state index contributed by atoms with van der Waals surface area (Å²) in [6, 6.07) is 8.00. The van der Waals surface area contributed by atoms with E-state index in [1.807, 2.05) is 19.1 Å². The summed E-state index contributed by atoms with van der Waals surface area (Å²) >= 11 is 0. The zero-order valence-corrected chi connectivity index (χ0v) is 16.4. The predicted octanol–water partition coefficient (Wildman–Crippen LogP) is 1.62. The van der Waals surface area contributed by atoms with Crippen LogP contribution in [0, 0.1) is 0 Å². The van der Waals surface area contributed by atoms with Gasteiger partial charge in [0.1, 0.15) is 0 Å². The number of ether oxygens (including phenoxy) is 1. The topological polar surface area (TPSA) is 82.7 Å². The van der Waals surface area contributed by atoms with Crippen LogP contribution in [0.2, 0.25) is 0 Å². The smallest absolute Gasteiger partial charge is 0.315 e. The number of carbonyl (C=O) groups excluding carboxylic acids is 2. The molecule has 0 saturated carbocycles. The normalized spacial score (nSPS) is 17.3. The van der Waals surface area contributed by atoms with Gasteiger partial charge in [0.15, 0.2) is 0 Å². The number of benzene rings is 1. The molecule has 1 aliphatic heterocycles. The predicted molar refractivity (Wildman–Crippen MR) is 105 cm³/mol. The fourth-order valence-electron chi connectivity index (χ4n) is 3.02. The molecular formula is C20H32N4O3. The zero-order valence-electron chi connectivity index (χ0n) is 16.4. The molecule has 1 fully saturated rings. The van der Waals surface area contributed by atoms with Crippen LogP contribution in [-0.2, 0) is 22.6 Å². The van der Waals surface area contributed by atoms with E-state index in [0.717, 1.165) is 38.2 Å². The van der Waals surface area contributed by atoms with Gasteiger partial charge >= 0.3 is 6.03 Å². The Kier molecular flexibility index (Phi) is 9.07. The molecule has 1 aromatic rings. The van der Waals surface area contributed by atoms with Gasteiger partial charge < -0.3 is 20.7 Å². The Morgan fingerprint density at radius 3 is 2.78 bits per heavy atom. The number of urea groups is 1. The quantitative estimate of drug-likeness (QED) is 0.612. The highest BCUT2D eigenvalue weighted by Crippen LogP contribution is 2.12. The molecular weight excluding hydrogens is 344 g/mol. The third-order valence-corrected chi connectivity index (χ3v) is 4.39. The van der Waals surface area contributed by atoms with Crippen molar-refractivity contribution in [2.24, 2.45) is 0 Å². The Morgan fingerprint density at radius 1 is 1.19 bits per heavy atom. The van der Waals surface area contributed by atoms with Gasteiger partial charge in [0.2, 0.25) is 5.91 Å². The van der Waals surface area contributed by atoms with Crippen molar-refractivity contribution in [3.63, 3.8) is 0 Å². The standard InChI is InChI=1S/C20H32N4O3/c1-3-8-21-19(25)7-9-22-20(26)23-13-17-5-4-6-18(12-17)15-24-10-11-27-16(2)14-24/h4-6,12,16H,3,7-11,13-15H2,1-2H3,(H,21,25)(H2,22,23,26). The van der Waals surface area contributed by atoms with E-state index in [9.17, 15) is 9.59 Å². The lowest BCUT2D eigenvalue weighted by Gasteiger charge is -2.31. The summed E-state index contributed by atoms with van der Waals surface area (Å²) in [5.41, 5.74) is 2.29. The second kappa shape index (κ2) is 11.6. The summed E-state index contributed by atoms with van der Waals surface area (Å²) in [6.07, 6.45) is 1.47. The molecule has 1 aromatic carbocycles. The molecule has 1 atom stereocenters. The summed E-state index contributed by atoms with van der Waals surface area (Å²) < 4.78 is 5.58. The Bertz CT molecular complexity index is 609. The van der Waals surface area contributed by atoms with E-state index in [1.165, 1.54) is 5.56 Å². The van der Waals surface area contributed by atoms with Crippen molar-refractivity contribution in [2.75, 3.05) is 32.8 Å². The number of amides is 3. The number of nitrogens with one attached hydrogen (secondary N) is 3. The maximum atomic E-state index is 11.9. The molecule has 1 unspecified atom stereocenters. The first-order valence-electron chi connectivity index (χ1n) is 9.77. The van der Waals surface area contributed by atoms with Gasteiger partial charge in [-0.25, -0.2) is 4.79 Å². The minimum atomic E-state index is -0.259. The molecule has 0 radical (unpaired) electrons. The average Bonchev–Trinajstić information content (AvgIpc) is 2.65. The van der Waals surface area contributed by atoms with Crippen LogP contribution in [0.1, 0.15) is 37.8 Å². The first-order chi connectivity index (χ1) is 13.1. The molecule has 3 amide bonds. The molecule has 27 heavy (non-hydrogen) atoms. The van der Waals surface area contributed by atoms with E-state index >= 15 is 0 Å². The van der Waals surface area contributed by atoms with Crippen molar-refractivity contribution in [3.05, 3.63) is 35.4 Å². The van der Waals surface area contributed by atoms with Crippen LogP contribution in [-0.4, -0.2) is 55.7 Å². The van der Waals surface area contributed by atoms with E-state index in [-0.39, 0.29) is 18.0 Å². The molecule has 150 valence electrons. The first kappa shape index (κ1) is 21.2. The molecule has 1 aliphatic rings. The Hall–Kier alpha value is -2.12. The maximum Gasteiger partial charge on any atom is 0.315 e. The van der Waals surface area contributed by atoms with Crippen LogP contribution < -0.4 is 16.0 Å². The molecule has 7 heteroatoms. The third kappa shape index (κ3) is 8.41. The van der Waals surface area contributed by atoms with Gasteiger partial charge in [-0.3, -0.25) is 9.69 Å². The van der Waals surface area contributed by atoms with Gasteiger partial charge in [0.25, 0.3) is 0 Å². The Labute approximate surface area is 161 Å². The van der Waals surface area contributed by atoms with E-state index in [1.54, 1.807) is 0 Å². The Morgan fingerprint density at radius 2 is 2.00 bits per heavy atom. The van der Waals surface area contributed by atoms with Crippen molar-refractivity contribution < 1.29 is 14.3 Å². The zero-order chi connectivity index (χ0) is 19.5. The highest BCUT2D eigenvalue weighted by Gasteiger charge is 2.16. The van der Waals surface area contributed by atoms with E-state index < -0.39 is 0 Å². The van der Waals surface area contributed by atoms with Crippen molar-refractivity contribution in [1.82, 2.24) is 20.9 Å². The van der Waals surface area contributed by atoms with Crippen LogP contribution in [0.25, 0.3) is 0 Å². The number of rotatable bonds is 9. The largest absolute Gasteiger partial charge is 0.376 e. The first-order valence-corrected chi connectivity index (χ1v) is 9.77. The summed E-state index contributed by atoms with van der Waals surface area (Å²) in [5.74, 6) is -0.0396. The van der Waals surface area contributed by atoms with Crippen molar-refractivity contribution >= 4 is 11.9 Å². The summed E-state index contributed by atoms with van der Waals surface area (Å²) in [4.78, 5) is 25.7. The molecule has 0 bridgehead atoms. The highest BCUT2D eigenvalue weighted by molar-refractivity contribution is 5.78. The summed E-state index contributed by atoms with van der Waals surface area (Å²) in [6.45, 7) is 9.11. The average molecular weight is 377 g/mol. The third-order valence-electron chi connectivity index (χ3n) is 4.39. The minimum Gasteiger partial charge on any atom is -0.376 e. The summed E-state index contributed by atoms with van der Waals surface area (Å²) in [7, 11) is 0. The molecule has 1 saturated heterocycles. The van der Waals surface area contributed by atoms with Gasteiger partial charge in [0.05, 0.1) is 12.7 Å². The lowest BCUT2D eigenvalue weighted by atomic mass is 10.1. The molecule has 0 aromatic heterocycles. The lowest BCUT2D eigenvalue weighted by Crippen LogP contribution is -2.40. The van der Waals surface area contributed by atoms with E-state index in [0.29, 0.717) is 26.1 Å². The summed E-state index contributed by atoms with van der Waals surface area (Å²) in [5, 5.41) is 8.33. The van der Waals surface area contributed by atoms with Crippen molar-refractivity contribution in [1.29, 1.82) is 0 Å². The number of hydrogen-bond acceptors (Lipinski definition) is 4. The second-order valence-corrected chi connectivity index (χ2v) is 6.95. The van der Waals surface area contributed by atoms with Gasteiger partial charge in [-0.15, -0.1) is 0 Å².